The second kappa shape index (κ2) is 8.74. The Labute approximate surface area is 172 Å². The predicted molar refractivity (Wildman–Crippen MR) is 108 cm³/mol. The third-order valence-electron chi connectivity index (χ3n) is 5.35. The number of halogens is 1. The fourth-order valence-corrected chi connectivity index (χ4v) is 3.49. The summed E-state index contributed by atoms with van der Waals surface area (Å²) in [5.74, 6) is -2.27. The van der Waals surface area contributed by atoms with Gasteiger partial charge in [0, 0.05) is 23.9 Å². The molecular weight excluding hydrogens is 393 g/mol. The van der Waals surface area contributed by atoms with Crippen molar-refractivity contribution in [2.75, 3.05) is 6.67 Å². The molecule has 3 atom stereocenters. The van der Waals surface area contributed by atoms with E-state index in [0.717, 1.165) is 10.8 Å². The number of pyridine rings is 1. The topological polar surface area (TPSA) is 121 Å². The summed E-state index contributed by atoms with van der Waals surface area (Å²) in [7, 11) is 0. The molecule has 8 nitrogen and oxygen atoms in total. The van der Waals surface area contributed by atoms with Crippen LogP contribution in [0.15, 0.2) is 41.7 Å². The number of hydrogen-bond donors (Lipinski definition) is 3. The molecule has 1 aromatic carbocycles. The molecule has 0 aliphatic carbocycles. The molecule has 1 aliphatic heterocycles. The Morgan fingerprint density at radius 2 is 2.03 bits per heavy atom. The molecule has 0 spiro atoms. The van der Waals surface area contributed by atoms with Gasteiger partial charge in [0.15, 0.2) is 0 Å². The number of amides is 1. The first-order valence-corrected chi connectivity index (χ1v) is 9.64. The van der Waals surface area contributed by atoms with E-state index in [2.05, 4.69) is 15.5 Å². The van der Waals surface area contributed by atoms with Crippen LogP contribution in [-0.2, 0) is 14.4 Å². The summed E-state index contributed by atoms with van der Waals surface area (Å²) in [5, 5.41) is 27.2. The number of carbonyl (C=O) groups excluding carboxylic acids is 1. The number of nitrogens with zero attached hydrogens (tertiary/aromatic N) is 2. The van der Waals surface area contributed by atoms with E-state index in [1.165, 1.54) is 0 Å². The van der Waals surface area contributed by atoms with Gasteiger partial charge in [-0.25, -0.2) is 4.39 Å². The number of hydrogen-bond acceptors (Lipinski definition) is 6. The number of carbonyl (C=O) groups is 2. The van der Waals surface area contributed by atoms with Crippen molar-refractivity contribution in [1.29, 1.82) is 0 Å². The van der Waals surface area contributed by atoms with Gasteiger partial charge in [0.2, 0.25) is 5.60 Å². The maximum absolute atomic E-state index is 13.1. The van der Waals surface area contributed by atoms with Crippen LogP contribution in [0.3, 0.4) is 0 Å². The van der Waals surface area contributed by atoms with Gasteiger partial charge in [-0.3, -0.25) is 14.6 Å². The van der Waals surface area contributed by atoms with Crippen LogP contribution in [0.5, 0.6) is 0 Å². The fourth-order valence-electron chi connectivity index (χ4n) is 3.49. The second-order valence-electron chi connectivity index (χ2n) is 7.63. The summed E-state index contributed by atoms with van der Waals surface area (Å²) in [4.78, 5) is 34.2. The standard InChI is InChI=1S/C21H24FN3O5/c1-12(2)21(20(29)24-15(9-18(27)28)17(26)11-22)10-16(25-30-21)19-14-6-4-3-5-13(14)7-8-23-19/h3-8,12,15,17,26H,9-11H2,1-2H3,(H,24,29)(H,27,28)/t15-,17?,21+/m0/s1. The van der Waals surface area contributed by atoms with Crippen molar-refractivity contribution in [2.45, 2.75) is 44.4 Å². The summed E-state index contributed by atoms with van der Waals surface area (Å²) in [6.45, 7) is 2.36. The molecule has 0 bridgehead atoms. The van der Waals surface area contributed by atoms with Crippen LogP contribution in [0.1, 0.15) is 32.4 Å². The molecule has 1 unspecified atom stereocenters. The van der Waals surface area contributed by atoms with Gasteiger partial charge in [0.1, 0.15) is 18.5 Å². The molecule has 1 amide bonds. The number of aliphatic carboxylic acids is 1. The lowest BCUT2D eigenvalue weighted by Crippen LogP contribution is -2.56. The maximum Gasteiger partial charge on any atom is 0.305 e. The summed E-state index contributed by atoms with van der Waals surface area (Å²) in [5.41, 5.74) is -0.355. The Morgan fingerprint density at radius 1 is 1.30 bits per heavy atom. The van der Waals surface area contributed by atoms with E-state index in [0.29, 0.717) is 11.4 Å². The molecule has 0 saturated heterocycles. The second-order valence-corrected chi connectivity index (χ2v) is 7.63. The molecule has 160 valence electrons. The van der Waals surface area contributed by atoms with E-state index in [-0.39, 0.29) is 12.3 Å². The highest BCUT2D eigenvalue weighted by Crippen LogP contribution is 2.35. The average Bonchev–Trinajstić information content (AvgIpc) is 3.18. The number of fused-ring (bicyclic) bond motifs is 1. The first-order valence-electron chi connectivity index (χ1n) is 9.64. The van der Waals surface area contributed by atoms with Gasteiger partial charge in [0.05, 0.1) is 18.2 Å². The minimum atomic E-state index is -1.64. The highest BCUT2D eigenvalue weighted by molar-refractivity contribution is 6.11. The van der Waals surface area contributed by atoms with Crippen LogP contribution in [0.2, 0.25) is 0 Å². The molecule has 0 saturated carbocycles. The zero-order chi connectivity index (χ0) is 21.9. The van der Waals surface area contributed by atoms with E-state index < -0.39 is 42.7 Å². The van der Waals surface area contributed by atoms with Crippen molar-refractivity contribution >= 4 is 28.4 Å². The Kier molecular flexibility index (Phi) is 6.31. The Balaban J connectivity index is 1.87. The number of oxime groups is 1. The van der Waals surface area contributed by atoms with Gasteiger partial charge in [-0.1, -0.05) is 43.3 Å². The maximum atomic E-state index is 13.1. The molecule has 2 heterocycles. The Morgan fingerprint density at radius 3 is 2.70 bits per heavy atom. The molecule has 2 aromatic rings. The zero-order valence-corrected chi connectivity index (χ0v) is 16.7. The van der Waals surface area contributed by atoms with Gasteiger partial charge in [-0.2, -0.15) is 0 Å². The monoisotopic (exact) mass is 417 g/mol. The molecule has 3 rings (SSSR count). The van der Waals surface area contributed by atoms with Crippen molar-refractivity contribution in [3.05, 3.63) is 42.2 Å². The zero-order valence-electron chi connectivity index (χ0n) is 16.7. The van der Waals surface area contributed by atoms with E-state index in [1.807, 2.05) is 30.3 Å². The van der Waals surface area contributed by atoms with Crippen LogP contribution >= 0.6 is 0 Å². The van der Waals surface area contributed by atoms with E-state index in [9.17, 15) is 19.1 Å². The summed E-state index contributed by atoms with van der Waals surface area (Å²) < 4.78 is 12.9. The largest absolute Gasteiger partial charge is 0.481 e. The number of carboxylic acid groups (broad SMARTS) is 1. The molecular formula is C21H24FN3O5. The third kappa shape index (κ3) is 4.11. The van der Waals surface area contributed by atoms with Crippen molar-refractivity contribution < 1.29 is 29.0 Å². The number of benzene rings is 1. The van der Waals surface area contributed by atoms with Crippen LogP contribution in [-0.4, -0.2) is 57.2 Å². The highest BCUT2D eigenvalue weighted by Gasteiger charge is 2.50. The predicted octanol–water partition coefficient (Wildman–Crippen LogP) is 2.04. The molecule has 1 aliphatic rings. The minimum Gasteiger partial charge on any atom is -0.481 e. The Bertz CT molecular complexity index is 975. The fraction of sp³-hybridized carbons (Fsp3) is 0.429. The highest BCUT2D eigenvalue weighted by atomic mass is 19.1. The number of nitrogens with one attached hydrogen (secondary N) is 1. The Hall–Kier alpha value is -3.07. The number of aliphatic hydroxyl groups excluding tert-OH is 1. The van der Waals surface area contributed by atoms with Crippen molar-refractivity contribution in [1.82, 2.24) is 10.3 Å². The average molecular weight is 417 g/mol. The van der Waals surface area contributed by atoms with Gasteiger partial charge < -0.3 is 20.4 Å². The quantitative estimate of drug-likeness (QED) is 0.604. The number of alkyl halides is 1. The van der Waals surface area contributed by atoms with Crippen LogP contribution in [0.25, 0.3) is 10.8 Å². The lowest BCUT2D eigenvalue weighted by molar-refractivity contribution is -0.152. The van der Waals surface area contributed by atoms with Gasteiger partial charge in [0.25, 0.3) is 5.91 Å². The van der Waals surface area contributed by atoms with E-state index in [1.54, 1.807) is 20.0 Å². The van der Waals surface area contributed by atoms with Gasteiger partial charge >= 0.3 is 5.97 Å². The van der Waals surface area contributed by atoms with Crippen molar-refractivity contribution in [3.8, 4) is 0 Å². The molecule has 30 heavy (non-hydrogen) atoms. The number of rotatable bonds is 8. The van der Waals surface area contributed by atoms with Crippen LogP contribution in [0, 0.1) is 5.92 Å². The molecule has 9 heteroatoms. The molecule has 0 fully saturated rings. The van der Waals surface area contributed by atoms with Crippen molar-refractivity contribution in [2.24, 2.45) is 11.1 Å². The number of aliphatic hydroxyl groups is 1. The first-order chi connectivity index (χ1) is 14.3. The first kappa shape index (κ1) is 21.6. The molecule has 0 radical (unpaired) electrons. The molecule has 3 N–H and O–H groups in total. The molecule has 1 aromatic heterocycles. The van der Waals surface area contributed by atoms with E-state index >= 15 is 0 Å². The summed E-state index contributed by atoms with van der Waals surface area (Å²) in [6, 6.07) is 8.20. The lowest BCUT2D eigenvalue weighted by atomic mass is 9.83. The van der Waals surface area contributed by atoms with Crippen LogP contribution < -0.4 is 5.32 Å². The summed E-state index contributed by atoms with van der Waals surface area (Å²) in [6.07, 6.45) is -0.515. The minimum absolute atomic E-state index is 0.100. The summed E-state index contributed by atoms with van der Waals surface area (Å²) >= 11 is 0. The van der Waals surface area contributed by atoms with Crippen LogP contribution in [0.4, 0.5) is 4.39 Å². The smallest absolute Gasteiger partial charge is 0.305 e. The van der Waals surface area contributed by atoms with E-state index in [4.69, 9.17) is 9.94 Å². The third-order valence-corrected chi connectivity index (χ3v) is 5.35. The SMILES string of the molecule is CC(C)[C@@]1(C(=O)N[C@@H](CC(=O)O)C(O)CF)CC(c2nccc3ccccc23)=NO1. The van der Waals surface area contributed by atoms with Crippen molar-refractivity contribution in [3.63, 3.8) is 0 Å². The normalized spacial score (nSPS) is 20.5. The number of carboxylic acids is 1. The lowest BCUT2D eigenvalue weighted by Gasteiger charge is -2.32. The van der Waals surface area contributed by atoms with Gasteiger partial charge in [-0.15, -0.1) is 0 Å². The van der Waals surface area contributed by atoms with Gasteiger partial charge in [-0.05, 0) is 11.5 Å². The number of aromatic nitrogens is 1.